The van der Waals surface area contributed by atoms with Crippen LogP contribution >= 0.6 is 11.3 Å². The van der Waals surface area contributed by atoms with Crippen LogP contribution in [0.25, 0.3) is 10.6 Å². The summed E-state index contributed by atoms with van der Waals surface area (Å²) in [5.41, 5.74) is 2.42. The molecule has 0 aliphatic rings. The zero-order chi connectivity index (χ0) is 20.6. The number of nitriles is 1. The highest BCUT2D eigenvalue weighted by molar-refractivity contribution is 7.13. The zero-order valence-electron chi connectivity index (χ0n) is 15.5. The van der Waals surface area contributed by atoms with E-state index in [1.807, 2.05) is 24.3 Å². The van der Waals surface area contributed by atoms with Gasteiger partial charge in [0.15, 0.2) is 12.3 Å². The summed E-state index contributed by atoms with van der Waals surface area (Å²) < 4.78 is 10.2. The molecule has 3 aromatic rings. The van der Waals surface area contributed by atoms with E-state index in [4.69, 9.17) is 14.7 Å². The van der Waals surface area contributed by atoms with Crippen LogP contribution in [-0.2, 0) is 16.0 Å². The molecule has 0 saturated heterocycles. The Morgan fingerprint density at radius 3 is 2.52 bits per heavy atom. The van der Waals surface area contributed by atoms with Gasteiger partial charge in [0, 0.05) is 16.6 Å². The first-order chi connectivity index (χ1) is 14.1. The van der Waals surface area contributed by atoms with E-state index in [9.17, 15) is 9.59 Å². The molecule has 29 heavy (non-hydrogen) atoms. The predicted molar refractivity (Wildman–Crippen MR) is 109 cm³/mol. The van der Waals surface area contributed by atoms with Crippen molar-refractivity contribution in [2.75, 3.05) is 19.0 Å². The fraction of sp³-hybridized carbons (Fsp3) is 0.143. The highest BCUT2D eigenvalue weighted by Crippen LogP contribution is 2.26. The molecule has 0 radical (unpaired) electrons. The van der Waals surface area contributed by atoms with E-state index in [-0.39, 0.29) is 5.69 Å². The van der Waals surface area contributed by atoms with Gasteiger partial charge in [0.2, 0.25) is 0 Å². The van der Waals surface area contributed by atoms with Crippen LogP contribution in [-0.4, -0.2) is 30.6 Å². The second-order valence-electron chi connectivity index (χ2n) is 5.92. The third-order valence-electron chi connectivity index (χ3n) is 3.91. The monoisotopic (exact) mass is 407 g/mol. The summed E-state index contributed by atoms with van der Waals surface area (Å²) in [6.45, 7) is -0.422. The molecule has 0 aliphatic carbocycles. The molecule has 1 amide bonds. The van der Waals surface area contributed by atoms with Gasteiger partial charge in [-0.2, -0.15) is 5.26 Å². The number of rotatable bonds is 7. The van der Waals surface area contributed by atoms with E-state index in [1.165, 1.54) is 11.3 Å². The van der Waals surface area contributed by atoms with Crippen molar-refractivity contribution in [1.82, 2.24) is 4.98 Å². The van der Waals surface area contributed by atoms with Crippen molar-refractivity contribution >= 4 is 28.9 Å². The van der Waals surface area contributed by atoms with Gasteiger partial charge in [-0.1, -0.05) is 12.1 Å². The Bertz CT molecular complexity index is 1040. The minimum absolute atomic E-state index is 0.148. The molecule has 1 aromatic heterocycles. The number of carbonyl (C=O) groups is 2. The van der Waals surface area contributed by atoms with Gasteiger partial charge in [-0.15, -0.1) is 11.3 Å². The maximum absolute atomic E-state index is 12.2. The first kappa shape index (κ1) is 20.0. The van der Waals surface area contributed by atoms with Gasteiger partial charge < -0.3 is 14.8 Å². The van der Waals surface area contributed by atoms with Gasteiger partial charge >= 0.3 is 5.97 Å². The van der Waals surface area contributed by atoms with Crippen molar-refractivity contribution in [3.63, 3.8) is 0 Å². The number of ether oxygens (including phenoxy) is 2. The summed E-state index contributed by atoms with van der Waals surface area (Å²) in [6.07, 6.45) is 0.304. The van der Waals surface area contributed by atoms with Crippen LogP contribution in [0.2, 0.25) is 0 Å². The Morgan fingerprint density at radius 1 is 1.14 bits per heavy atom. The van der Waals surface area contributed by atoms with Crippen LogP contribution in [0.4, 0.5) is 5.69 Å². The summed E-state index contributed by atoms with van der Waals surface area (Å²) in [7, 11) is 1.59. The number of thiazole rings is 1. The van der Waals surface area contributed by atoms with Crippen LogP contribution in [0.1, 0.15) is 16.1 Å². The number of benzene rings is 2. The van der Waals surface area contributed by atoms with E-state index in [0.29, 0.717) is 17.1 Å². The molecular weight excluding hydrogens is 390 g/mol. The summed E-state index contributed by atoms with van der Waals surface area (Å²) in [5, 5.41) is 13.6. The third kappa shape index (κ3) is 5.40. The molecule has 1 N–H and O–H groups in total. The molecule has 0 saturated carbocycles. The van der Waals surface area contributed by atoms with E-state index in [0.717, 1.165) is 16.9 Å². The molecule has 8 heteroatoms. The largest absolute Gasteiger partial charge is 0.497 e. The molecule has 0 bridgehead atoms. The molecular formula is C21H17N3O4S. The van der Waals surface area contributed by atoms with Gasteiger partial charge in [0.1, 0.15) is 10.8 Å². The number of aromatic nitrogens is 1. The van der Waals surface area contributed by atoms with E-state index >= 15 is 0 Å². The van der Waals surface area contributed by atoms with Crippen LogP contribution in [0, 0.1) is 11.3 Å². The highest BCUT2D eigenvalue weighted by Gasteiger charge is 2.15. The second kappa shape index (κ2) is 9.48. The van der Waals surface area contributed by atoms with Gasteiger partial charge in [-0.3, -0.25) is 4.79 Å². The smallest absolute Gasteiger partial charge is 0.358 e. The molecule has 2 aromatic carbocycles. The van der Waals surface area contributed by atoms with Crippen LogP contribution < -0.4 is 10.1 Å². The van der Waals surface area contributed by atoms with Crippen molar-refractivity contribution in [1.29, 1.82) is 5.26 Å². The Balaban J connectivity index is 1.53. The SMILES string of the molecule is COc1ccc(-c2nc(C(=O)OCC(=O)Nc3ccc(CC#N)cc3)cs2)cc1. The first-order valence-corrected chi connectivity index (χ1v) is 9.50. The molecule has 3 rings (SSSR count). The topological polar surface area (TPSA) is 101 Å². The number of methoxy groups -OCH3 is 1. The lowest BCUT2D eigenvalue weighted by atomic mass is 10.1. The maximum Gasteiger partial charge on any atom is 0.358 e. The Hall–Kier alpha value is -3.70. The van der Waals surface area contributed by atoms with Crippen molar-refractivity contribution in [3.05, 3.63) is 65.2 Å². The minimum atomic E-state index is -0.666. The average molecular weight is 407 g/mol. The third-order valence-corrected chi connectivity index (χ3v) is 4.80. The van der Waals surface area contributed by atoms with Crippen molar-refractivity contribution in [2.24, 2.45) is 0 Å². The number of carbonyl (C=O) groups excluding carboxylic acids is 2. The van der Waals surface area contributed by atoms with Crippen LogP contribution in [0.5, 0.6) is 5.75 Å². The number of hydrogen-bond donors (Lipinski definition) is 1. The molecule has 0 atom stereocenters. The highest BCUT2D eigenvalue weighted by atomic mass is 32.1. The number of anilines is 1. The van der Waals surface area contributed by atoms with Crippen molar-refractivity contribution in [3.8, 4) is 22.4 Å². The van der Waals surface area contributed by atoms with Gasteiger partial charge in [0.05, 0.1) is 19.6 Å². The van der Waals surface area contributed by atoms with Gasteiger partial charge in [0.25, 0.3) is 5.91 Å². The fourth-order valence-corrected chi connectivity index (χ4v) is 3.23. The average Bonchev–Trinajstić information content (AvgIpc) is 3.24. The number of nitrogens with one attached hydrogen (secondary N) is 1. The number of nitrogens with zero attached hydrogens (tertiary/aromatic N) is 2. The maximum atomic E-state index is 12.2. The van der Waals surface area contributed by atoms with Crippen LogP contribution in [0.15, 0.2) is 53.9 Å². The van der Waals surface area contributed by atoms with Crippen molar-refractivity contribution in [2.45, 2.75) is 6.42 Å². The first-order valence-electron chi connectivity index (χ1n) is 8.62. The summed E-state index contributed by atoms with van der Waals surface area (Å²) in [6, 6.07) is 16.3. The molecule has 0 spiro atoms. The standard InChI is InChI=1S/C21H17N3O4S/c1-27-17-8-4-15(5-9-17)20-24-18(13-29-20)21(26)28-12-19(25)23-16-6-2-14(3-7-16)10-11-22/h2-9,13H,10,12H2,1H3,(H,23,25). The normalized spacial score (nSPS) is 10.1. The number of hydrogen-bond acceptors (Lipinski definition) is 7. The van der Waals surface area contributed by atoms with E-state index in [2.05, 4.69) is 16.4 Å². The molecule has 0 aliphatic heterocycles. The second-order valence-corrected chi connectivity index (χ2v) is 6.78. The fourth-order valence-electron chi connectivity index (χ4n) is 2.43. The Labute approximate surface area is 171 Å². The van der Waals surface area contributed by atoms with E-state index < -0.39 is 18.5 Å². The predicted octanol–water partition coefficient (Wildman–Crippen LogP) is 3.68. The lowest BCUT2D eigenvalue weighted by Gasteiger charge is -2.06. The van der Waals surface area contributed by atoms with Crippen LogP contribution in [0.3, 0.4) is 0 Å². The summed E-state index contributed by atoms with van der Waals surface area (Å²) >= 11 is 1.31. The minimum Gasteiger partial charge on any atom is -0.497 e. The summed E-state index contributed by atoms with van der Waals surface area (Å²) in [4.78, 5) is 28.4. The van der Waals surface area contributed by atoms with Gasteiger partial charge in [-0.25, -0.2) is 9.78 Å². The summed E-state index contributed by atoms with van der Waals surface area (Å²) in [5.74, 6) is -0.395. The quantitative estimate of drug-likeness (QED) is 0.600. The van der Waals surface area contributed by atoms with Crippen molar-refractivity contribution < 1.29 is 19.1 Å². The molecule has 7 nitrogen and oxygen atoms in total. The molecule has 0 fully saturated rings. The Kier molecular flexibility index (Phi) is 6.55. The van der Waals surface area contributed by atoms with E-state index in [1.54, 1.807) is 36.8 Å². The van der Waals surface area contributed by atoms with Gasteiger partial charge in [-0.05, 0) is 42.0 Å². The zero-order valence-corrected chi connectivity index (χ0v) is 16.4. The molecule has 0 unspecified atom stereocenters. The number of esters is 1. The molecule has 146 valence electrons. The lowest BCUT2D eigenvalue weighted by molar-refractivity contribution is -0.119. The molecule has 1 heterocycles. The lowest BCUT2D eigenvalue weighted by Crippen LogP contribution is -2.21. The number of amides is 1. The Morgan fingerprint density at radius 2 is 1.86 bits per heavy atom.